The van der Waals surface area contributed by atoms with Crippen molar-refractivity contribution in [3.05, 3.63) is 47.1 Å². The first kappa shape index (κ1) is 17.1. The lowest BCUT2D eigenvalue weighted by atomic mass is 10.0. The van der Waals surface area contributed by atoms with Gasteiger partial charge >= 0.3 is 0 Å². The van der Waals surface area contributed by atoms with Gasteiger partial charge in [-0.15, -0.1) is 0 Å². The summed E-state index contributed by atoms with van der Waals surface area (Å²) in [7, 11) is 0. The molecule has 0 spiro atoms. The van der Waals surface area contributed by atoms with E-state index in [1.807, 2.05) is 19.2 Å². The van der Waals surface area contributed by atoms with Crippen LogP contribution in [-0.2, 0) is 19.5 Å². The molecule has 0 amide bonds. The Morgan fingerprint density at radius 3 is 2.96 bits per heavy atom. The molecule has 1 unspecified atom stereocenters. The van der Waals surface area contributed by atoms with Crippen molar-refractivity contribution < 1.29 is 4.52 Å². The first-order valence-electron chi connectivity index (χ1n) is 9.06. The first-order chi connectivity index (χ1) is 11.8. The van der Waals surface area contributed by atoms with Gasteiger partial charge in [0, 0.05) is 30.9 Å². The van der Waals surface area contributed by atoms with Crippen LogP contribution < -0.4 is 5.32 Å². The van der Waals surface area contributed by atoms with Crippen molar-refractivity contribution >= 4 is 0 Å². The molecule has 1 N–H and O–H groups in total. The van der Waals surface area contributed by atoms with Crippen LogP contribution in [0.1, 0.15) is 48.9 Å². The maximum absolute atomic E-state index is 5.45. The molecule has 24 heavy (non-hydrogen) atoms. The standard InChI is InChI=1S/C19H28N4O/c1-3-19-18(15(2)24-22-19)14-23(13-16-7-4-5-11-21-16)17-8-6-10-20-12-9-17/h4-5,7,11,17,20H,3,6,8-10,12-14H2,1-2H3. The predicted molar refractivity (Wildman–Crippen MR) is 94.6 cm³/mol. The molecular formula is C19H28N4O. The van der Waals surface area contributed by atoms with Crippen LogP contribution in [0.4, 0.5) is 0 Å². The third-order valence-corrected chi connectivity index (χ3v) is 4.92. The molecule has 0 bridgehead atoms. The number of rotatable bonds is 6. The van der Waals surface area contributed by atoms with Gasteiger partial charge in [-0.2, -0.15) is 0 Å². The van der Waals surface area contributed by atoms with Crippen LogP contribution in [0.5, 0.6) is 0 Å². The zero-order valence-corrected chi connectivity index (χ0v) is 14.8. The Labute approximate surface area is 144 Å². The quantitative estimate of drug-likeness (QED) is 0.883. The highest BCUT2D eigenvalue weighted by Crippen LogP contribution is 2.23. The van der Waals surface area contributed by atoms with Crippen molar-refractivity contribution in [3.8, 4) is 0 Å². The summed E-state index contributed by atoms with van der Waals surface area (Å²) in [5.74, 6) is 0.949. The number of pyridine rings is 1. The Balaban J connectivity index is 1.81. The highest BCUT2D eigenvalue weighted by atomic mass is 16.5. The summed E-state index contributed by atoms with van der Waals surface area (Å²) >= 11 is 0. The molecule has 0 saturated carbocycles. The predicted octanol–water partition coefficient (Wildman–Crippen LogP) is 3.08. The zero-order chi connectivity index (χ0) is 16.8. The van der Waals surface area contributed by atoms with Crippen LogP contribution in [0.25, 0.3) is 0 Å². The number of aryl methyl sites for hydroxylation is 2. The second kappa shape index (κ2) is 8.40. The molecule has 0 aliphatic carbocycles. The summed E-state index contributed by atoms with van der Waals surface area (Å²) < 4.78 is 5.45. The second-order valence-electron chi connectivity index (χ2n) is 6.58. The molecule has 1 saturated heterocycles. The van der Waals surface area contributed by atoms with Gasteiger partial charge in [-0.3, -0.25) is 9.88 Å². The maximum atomic E-state index is 5.45. The van der Waals surface area contributed by atoms with E-state index < -0.39 is 0 Å². The van der Waals surface area contributed by atoms with Crippen LogP contribution in [0.2, 0.25) is 0 Å². The minimum Gasteiger partial charge on any atom is -0.361 e. The molecule has 2 aromatic heterocycles. The van der Waals surface area contributed by atoms with Gasteiger partial charge in [-0.05, 0) is 57.8 Å². The van der Waals surface area contributed by atoms with E-state index in [4.69, 9.17) is 4.52 Å². The van der Waals surface area contributed by atoms with E-state index in [9.17, 15) is 0 Å². The third kappa shape index (κ3) is 4.22. The van der Waals surface area contributed by atoms with E-state index in [1.54, 1.807) is 0 Å². The van der Waals surface area contributed by atoms with Gasteiger partial charge in [0.2, 0.25) is 0 Å². The lowest BCUT2D eigenvalue weighted by Crippen LogP contribution is -2.35. The van der Waals surface area contributed by atoms with E-state index in [0.717, 1.165) is 49.7 Å². The van der Waals surface area contributed by atoms with Gasteiger partial charge in [0.05, 0.1) is 11.4 Å². The molecule has 1 fully saturated rings. The van der Waals surface area contributed by atoms with Gasteiger partial charge in [0.25, 0.3) is 0 Å². The van der Waals surface area contributed by atoms with Gasteiger partial charge in [-0.1, -0.05) is 18.1 Å². The SMILES string of the molecule is CCc1noc(C)c1CN(Cc1ccccn1)C1CCCNCC1. The molecule has 1 aliphatic heterocycles. The summed E-state index contributed by atoms with van der Waals surface area (Å²) in [4.78, 5) is 7.10. The van der Waals surface area contributed by atoms with Crippen LogP contribution in [0, 0.1) is 6.92 Å². The maximum Gasteiger partial charge on any atom is 0.138 e. The largest absolute Gasteiger partial charge is 0.361 e. The van der Waals surface area contributed by atoms with E-state index >= 15 is 0 Å². The van der Waals surface area contributed by atoms with Crippen LogP contribution in [-0.4, -0.2) is 34.2 Å². The summed E-state index contributed by atoms with van der Waals surface area (Å²) in [6.07, 6.45) is 6.43. The monoisotopic (exact) mass is 328 g/mol. The number of nitrogens with one attached hydrogen (secondary N) is 1. The Hall–Kier alpha value is -1.72. The van der Waals surface area contributed by atoms with Crippen molar-refractivity contribution in [1.82, 2.24) is 20.4 Å². The van der Waals surface area contributed by atoms with Crippen LogP contribution >= 0.6 is 0 Å². The Bertz CT molecular complexity index is 618. The Morgan fingerprint density at radius 2 is 2.17 bits per heavy atom. The van der Waals surface area contributed by atoms with E-state index in [1.165, 1.54) is 24.8 Å². The number of aromatic nitrogens is 2. The molecule has 130 valence electrons. The molecule has 3 rings (SSSR count). The van der Waals surface area contributed by atoms with Crippen molar-refractivity contribution in [2.75, 3.05) is 13.1 Å². The summed E-state index contributed by atoms with van der Waals surface area (Å²) in [5, 5.41) is 7.74. The van der Waals surface area contributed by atoms with Crippen molar-refractivity contribution in [2.24, 2.45) is 0 Å². The Kier molecular flexibility index (Phi) is 5.99. The molecule has 5 nitrogen and oxygen atoms in total. The fourth-order valence-electron chi connectivity index (χ4n) is 3.50. The third-order valence-electron chi connectivity index (χ3n) is 4.92. The minimum atomic E-state index is 0.570. The summed E-state index contributed by atoms with van der Waals surface area (Å²) in [6, 6.07) is 6.73. The summed E-state index contributed by atoms with van der Waals surface area (Å²) in [6.45, 7) is 8.14. The molecule has 1 atom stereocenters. The molecule has 1 aliphatic rings. The second-order valence-corrected chi connectivity index (χ2v) is 6.58. The highest BCUT2D eigenvalue weighted by Gasteiger charge is 2.23. The molecule has 3 heterocycles. The number of hydrogen-bond acceptors (Lipinski definition) is 5. The van der Waals surface area contributed by atoms with Crippen LogP contribution in [0.3, 0.4) is 0 Å². The normalized spacial score (nSPS) is 18.7. The molecule has 0 aromatic carbocycles. The fourth-order valence-corrected chi connectivity index (χ4v) is 3.50. The van der Waals surface area contributed by atoms with Crippen molar-refractivity contribution in [2.45, 2.75) is 58.7 Å². The smallest absolute Gasteiger partial charge is 0.138 e. The molecular weight excluding hydrogens is 300 g/mol. The van der Waals surface area contributed by atoms with Gasteiger partial charge in [0.15, 0.2) is 0 Å². The van der Waals surface area contributed by atoms with Gasteiger partial charge < -0.3 is 9.84 Å². The van der Waals surface area contributed by atoms with Crippen molar-refractivity contribution in [3.63, 3.8) is 0 Å². The van der Waals surface area contributed by atoms with E-state index in [-0.39, 0.29) is 0 Å². The number of hydrogen-bond donors (Lipinski definition) is 1. The zero-order valence-electron chi connectivity index (χ0n) is 14.8. The van der Waals surface area contributed by atoms with Gasteiger partial charge in [-0.25, -0.2) is 0 Å². The van der Waals surface area contributed by atoms with Crippen LogP contribution in [0.15, 0.2) is 28.9 Å². The van der Waals surface area contributed by atoms with Gasteiger partial charge in [0.1, 0.15) is 5.76 Å². The lowest BCUT2D eigenvalue weighted by molar-refractivity contribution is 0.161. The average molecular weight is 328 g/mol. The fraction of sp³-hybridized carbons (Fsp3) is 0.579. The Morgan fingerprint density at radius 1 is 1.25 bits per heavy atom. The van der Waals surface area contributed by atoms with Crippen molar-refractivity contribution in [1.29, 1.82) is 0 Å². The number of nitrogens with zero attached hydrogens (tertiary/aromatic N) is 3. The highest BCUT2D eigenvalue weighted by molar-refractivity contribution is 5.22. The molecule has 0 radical (unpaired) electrons. The topological polar surface area (TPSA) is 54.2 Å². The first-order valence-corrected chi connectivity index (χ1v) is 9.06. The van der Waals surface area contributed by atoms with E-state index in [0.29, 0.717) is 6.04 Å². The lowest BCUT2D eigenvalue weighted by Gasteiger charge is -2.30. The van der Waals surface area contributed by atoms with E-state index in [2.05, 4.69) is 39.4 Å². The minimum absolute atomic E-state index is 0.570. The summed E-state index contributed by atoms with van der Waals surface area (Å²) in [5.41, 5.74) is 3.47. The molecule has 2 aromatic rings. The average Bonchev–Trinajstić information content (AvgIpc) is 2.80. The molecule has 5 heteroatoms.